The average molecular weight is 327 g/mol. The smallest absolute Gasteiger partial charge is 0.173 e. The minimum absolute atomic E-state index is 0.747. The third-order valence-corrected chi connectivity index (χ3v) is 4.64. The van der Waals surface area contributed by atoms with Gasteiger partial charge in [0.2, 0.25) is 0 Å². The highest BCUT2D eigenvalue weighted by Crippen LogP contribution is 2.21. The summed E-state index contributed by atoms with van der Waals surface area (Å²) in [5.74, 6) is 0.765. The Balaban J connectivity index is 1.81. The van der Waals surface area contributed by atoms with Crippen LogP contribution in [0.1, 0.15) is 24.8 Å². The Morgan fingerprint density at radius 3 is 2.81 bits per heavy atom. The molecule has 3 nitrogen and oxygen atoms in total. The fraction of sp³-hybridized carbons (Fsp3) is 0.562. The zero-order valence-corrected chi connectivity index (χ0v) is 14.3. The molecule has 0 aromatic heterocycles. The molecule has 0 radical (unpaired) electrons. The molecule has 0 spiro atoms. The van der Waals surface area contributed by atoms with Crippen molar-refractivity contribution in [2.24, 2.45) is 5.92 Å². The van der Waals surface area contributed by atoms with Crippen LogP contribution in [0, 0.1) is 12.8 Å². The monoisotopic (exact) mass is 326 g/mol. The molecule has 1 N–H and O–H groups in total. The van der Waals surface area contributed by atoms with Crippen LogP contribution in [0.3, 0.4) is 0 Å². The van der Waals surface area contributed by atoms with Crippen LogP contribution in [0.25, 0.3) is 0 Å². The summed E-state index contributed by atoms with van der Waals surface area (Å²) in [6.07, 6.45) is 3.51. The molecule has 0 atom stereocenters. The Hall–Kier alpha value is -0.840. The summed E-state index contributed by atoms with van der Waals surface area (Å²) in [7, 11) is 2.04. The number of nitrogens with zero attached hydrogens (tertiary/aromatic N) is 1. The maximum atomic E-state index is 5.97. The molecular formula is C16H23ClN2OS. The number of anilines is 1. The van der Waals surface area contributed by atoms with Crippen LogP contribution in [0.4, 0.5) is 5.69 Å². The first kappa shape index (κ1) is 16.5. The van der Waals surface area contributed by atoms with E-state index in [1.54, 1.807) is 0 Å². The van der Waals surface area contributed by atoms with Gasteiger partial charge in [0.25, 0.3) is 0 Å². The Bertz CT molecular complexity index is 489. The number of halogens is 1. The highest BCUT2D eigenvalue weighted by Gasteiger charge is 2.15. The first-order valence-electron chi connectivity index (χ1n) is 7.42. The second-order valence-electron chi connectivity index (χ2n) is 5.66. The van der Waals surface area contributed by atoms with E-state index in [1.807, 2.05) is 32.2 Å². The van der Waals surface area contributed by atoms with Gasteiger partial charge < -0.3 is 15.0 Å². The third kappa shape index (κ3) is 5.13. The number of nitrogens with one attached hydrogen (secondary N) is 1. The number of benzene rings is 1. The summed E-state index contributed by atoms with van der Waals surface area (Å²) in [5.41, 5.74) is 2.12. The number of thiocarbonyl (C=S) groups is 1. The quantitative estimate of drug-likeness (QED) is 0.842. The van der Waals surface area contributed by atoms with Crippen molar-refractivity contribution in [3.8, 4) is 0 Å². The fourth-order valence-electron chi connectivity index (χ4n) is 2.49. The zero-order chi connectivity index (χ0) is 15.2. The molecule has 1 aliphatic rings. The number of ether oxygens (including phenoxy) is 1. The topological polar surface area (TPSA) is 24.5 Å². The van der Waals surface area contributed by atoms with Gasteiger partial charge in [0.05, 0.1) is 0 Å². The lowest BCUT2D eigenvalue weighted by molar-refractivity contribution is 0.0626. The molecule has 0 saturated carbocycles. The zero-order valence-electron chi connectivity index (χ0n) is 12.7. The number of rotatable bonds is 4. The predicted molar refractivity (Wildman–Crippen MR) is 93.2 cm³/mol. The molecule has 1 heterocycles. The van der Waals surface area contributed by atoms with E-state index in [2.05, 4.69) is 10.2 Å². The lowest BCUT2D eigenvalue weighted by Crippen LogP contribution is -2.33. The Morgan fingerprint density at radius 2 is 2.14 bits per heavy atom. The molecule has 1 fully saturated rings. The van der Waals surface area contributed by atoms with E-state index in [9.17, 15) is 0 Å². The Labute approximate surface area is 137 Å². The molecule has 0 aliphatic carbocycles. The van der Waals surface area contributed by atoms with Gasteiger partial charge in [0.1, 0.15) is 0 Å². The van der Waals surface area contributed by atoms with Gasteiger partial charge in [0.15, 0.2) is 5.11 Å². The van der Waals surface area contributed by atoms with Crippen LogP contribution in [0.2, 0.25) is 5.02 Å². The van der Waals surface area contributed by atoms with Gasteiger partial charge in [-0.3, -0.25) is 0 Å². The molecule has 21 heavy (non-hydrogen) atoms. The van der Waals surface area contributed by atoms with Crippen molar-refractivity contribution in [1.82, 2.24) is 4.90 Å². The van der Waals surface area contributed by atoms with Gasteiger partial charge in [-0.25, -0.2) is 0 Å². The molecule has 2 rings (SSSR count). The van der Waals surface area contributed by atoms with Crippen LogP contribution in [-0.2, 0) is 4.74 Å². The van der Waals surface area contributed by atoms with Crippen LogP contribution in [-0.4, -0.2) is 36.8 Å². The van der Waals surface area contributed by atoms with E-state index >= 15 is 0 Å². The summed E-state index contributed by atoms with van der Waals surface area (Å²) in [6, 6.07) is 5.78. The molecule has 1 saturated heterocycles. The van der Waals surface area contributed by atoms with E-state index in [0.29, 0.717) is 0 Å². The fourth-order valence-corrected chi connectivity index (χ4v) is 2.92. The first-order valence-corrected chi connectivity index (χ1v) is 8.21. The highest BCUT2D eigenvalue weighted by atomic mass is 35.5. The van der Waals surface area contributed by atoms with E-state index in [1.165, 1.54) is 19.3 Å². The molecule has 1 aliphatic heterocycles. The summed E-state index contributed by atoms with van der Waals surface area (Å²) < 4.78 is 5.39. The lowest BCUT2D eigenvalue weighted by atomic mass is 9.96. The summed E-state index contributed by atoms with van der Waals surface area (Å²) >= 11 is 11.4. The standard InChI is InChI=1S/C16H23ClN2OS/c1-12-11-14(17)3-4-15(12)18-16(21)19(2)8-5-13-6-9-20-10-7-13/h3-4,11,13H,5-10H2,1-2H3,(H,18,21). The summed E-state index contributed by atoms with van der Waals surface area (Å²) in [6.45, 7) is 4.81. The van der Waals surface area contributed by atoms with Crippen molar-refractivity contribution >= 4 is 34.6 Å². The number of aryl methyl sites for hydroxylation is 1. The normalized spacial score (nSPS) is 15.8. The predicted octanol–water partition coefficient (Wildman–Crippen LogP) is 4.09. The van der Waals surface area contributed by atoms with Crippen LogP contribution >= 0.6 is 23.8 Å². The first-order chi connectivity index (χ1) is 10.1. The Kier molecular flexibility index (Phi) is 6.27. The van der Waals surface area contributed by atoms with E-state index in [4.69, 9.17) is 28.6 Å². The van der Waals surface area contributed by atoms with Crippen molar-refractivity contribution in [3.05, 3.63) is 28.8 Å². The minimum atomic E-state index is 0.747. The second-order valence-corrected chi connectivity index (χ2v) is 6.48. The molecule has 0 amide bonds. The second kappa shape index (κ2) is 7.97. The van der Waals surface area contributed by atoms with Crippen molar-refractivity contribution in [1.29, 1.82) is 0 Å². The molecule has 1 aromatic rings. The van der Waals surface area contributed by atoms with Gasteiger partial charge in [0, 0.05) is 37.5 Å². The van der Waals surface area contributed by atoms with E-state index in [0.717, 1.165) is 47.1 Å². The summed E-state index contributed by atoms with van der Waals surface area (Å²) in [5, 5.41) is 4.80. The number of hydrogen-bond donors (Lipinski definition) is 1. The van der Waals surface area contributed by atoms with Gasteiger partial charge in [-0.05, 0) is 68.1 Å². The average Bonchev–Trinajstić information content (AvgIpc) is 2.48. The maximum Gasteiger partial charge on any atom is 0.173 e. The lowest BCUT2D eigenvalue weighted by Gasteiger charge is -2.26. The van der Waals surface area contributed by atoms with Crippen molar-refractivity contribution in [2.75, 3.05) is 32.1 Å². The minimum Gasteiger partial charge on any atom is -0.381 e. The molecule has 1 aromatic carbocycles. The van der Waals surface area contributed by atoms with Crippen molar-refractivity contribution in [2.45, 2.75) is 26.2 Å². The molecule has 116 valence electrons. The molecule has 5 heteroatoms. The van der Waals surface area contributed by atoms with Crippen molar-refractivity contribution in [3.63, 3.8) is 0 Å². The van der Waals surface area contributed by atoms with Gasteiger partial charge in [-0.15, -0.1) is 0 Å². The highest BCUT2D eigenvalue weighted by molar-refractivity contribution is 7.80. The third-order valence-electron chi connectivity index (χ3n) is 3.99. The largest absolute Gasteiger partial charge is 0.381 e. The maximum absolute atomic E-state index is 5.97. The van der Waals surface area contributed by atoms with Crippen molar-refractivity contribution < 1.29 is 4.74 Å². The van der Waals surface area contributed by atoms with Crippen LogP contribution in [0.15, 0.2) is 18.2 Å². The van der Waals surface area contributed by atoms with Gasteiger partial charge in [-0.2, -0.15) is 0 Å². The Morgan fingerprint density at radius 1 is 1.43 bits per heavy atom. The molecular weight excluding hydrogens is 304 g/mol. The summed E-state index contributed by atoms with van der Waals surface area (Å²) in [4.78, 5) is 2.11. The molecule has 0 bridgehead atoms. The van der Waals surface area contributed by atoms with Crippen LogP contribution in [0.5, 0.6) is 0 Å². The molecule has 0 unspecified atom stereocenters. The van der Waals surface area contributed by atoms with Gasteiger partial charge >= 0.3 is 0 Å². The SMILES string of the molecule is Cc1cc(Cl)ccc1NC(=S)N(C)CCC1CCOCC1. The van der Waals surface area contributed by atoms with E-state index in [-0.39, 0.29) is 0 Å². The number of hydrogen-bond acceptors (Lipinski definition) is 2. The van der Waals surface area contributed by atoms with Gasteiger partial charge in [-0.1, -0.05) is 11.6 Å². The van der Waals surface area contributed by atoms with Crippen LogP contribution < -0.4 is 5.32 Å². The van der Waals surface area contributed by atoms with E-state index < -0.39 is 0 Å².